The Balaban J connectivity index is 1.80. The quantitative estimate of drug-likeness (QED) is 0.590. The predicted molar refractivity (Wildman–Crippen MR) is 77.1 cm³/mol. The summed E-state index contributed by atoms with van der Waals surface area (Å²) in [5, 5.41) is 0. The van der Waals surface area contributed by atoms with Crippen molar-refractivity contribution in [2.24, 2.45) is 11.8 Å². The molecule has 1 saturated carbocycles. The highest BCUT2D eigenvalue weighted by Gasteiger charge is 2.31. The van der Waals surface area contributed by atoms with Crippen LogP contribution in [0.3, 0.4) is 0 Å². The summed E-state index contributed by atoms with van der Waals surface area (Å²) in [7, 11) is 0. The van der Waals surface area contributed by atoms with Gasteiger partial charge in [-0.2, -0.15) is 0 Å². The van der Waals surface area contributed by atoms with Crippen molar-refractivity contribution in [1.82, 2.24) is 4.90 Å². The van der Waals surface area contributed by atoms with Crippen LogP contribution in [0.2, 0.25) is 0 Å². The number of nitrogens with zero attached hydrogens (tertiary/aromatic N) is 1. The number of likely N-dealkylation sites (tertiary alicyclic amines) is 1. The molecule has 2 aliphatic rings. The number of piperidine rings is 1. The molecule has 4 heteroatoms. The topological polar surface area (TPSA) is 46.6 Å². The van der Waals surface area contributed by atoms with Gasteiger partial charge in [0, 0.05) is 19.0 Å². The van der Waals surface area contributed by atoms with E-state index in [9.17, 15) is 9.59 Å². The van der Waals surface area contributed by atoms with Gasteiger partial charge in [-0.25, -0.2) is 0 Å². The maximum Gasteiger partial charge on any atom is 0.309 e. The highest BCUT2D eigenvalue weighted by atomic mass is 16.5. The largest absolute Gasteiger partial charge is 0.466 e. The van der Waals surface area contributed by atoms with Crippen LogP contribution >= 0.6 is 0 Å². The Labute approximate surface area is 121 Å². The normalized spacial score (nSPS) is 22.4. The number of carbonyl (C=O) groups excluding carboxylic acids is 2. The Morgan fingerprint density at radius 3 is 2.10 bits per heavy atom. The van der Waals surface area contributed by atoms with Gasteiger partial charge in [-0.1, -0.05) is 25.7 Å². The Hall–Kier alpha value is -1.06. The number of hydrogen-bond donors (Lipinski definition) is 0. The molecule has 0 atom stereocenters. The van der Waals surface area contributed by atoms with Crippen LogP contribution in [0.5, 0.6) is 0 Å². The van der Waals surface area contributed by atoms with Gasteiger partial charge in [0.2, 0.25) is 5.91 Å². The molecule has 0 radical (unpaired) electrons. The van der Waals surface area contributed by atoms with Crippen LogP contribution < -0.4 is 0 Å². The molecule has 1 aliphatic heterocycles. The Morgan fingerprint density at radius 2 is 1.55 bits per heavy atom. The molecule has 1 heterocycles. The average molecular weight is 281 g/mol. The fraction of sp³-hybridized carbons (Fsp3) is 0.875. The molecule has 20 heavy (non-hydrogen) atoms. The Kier molecular flexibility index (Phi) is 5.86. The minimum atomic E-state index is -0.0888. The van der Waals surface area contributed by atoms with Crippen molar-refractivity contribution >= 4 is 11.9 Å². The third kappa shape index (κ3) is 3.97. The highest BCUT2D eigenvalue weighted by Crippen LogP contribution is 2.27. The van der Waals surface area contributed by atoms with Crippen LogP contribution in [0.25, 0.3) is 0 Å². The van der Waals surface area contributed by atoms with E-state index in [4.69, 9.17) is 4.74 Å². The van der Waals surface area contributed by atoms with Gasteiger partial charge in [-0.3, -0.25) is 9.59 Å². The van der Waals surface area contributed by atoms with Crippen molar-refractivity contribution in [2.45, 2.75) is 58.3 Å². The first-order valence-electron chi connectivity index (χ1n) is 8.17. The fourth-order valence-corrected chi connectivity index (χ4v) is 3.38. The summed E-state index contributed by atoms with van der Waals surface area (Å²) >= 11 is 0. The molecule has 2 rings (SSSR count). The molecule has 0 spiro atoms. The first kappa shape index (κ1) is 15.3. The van der Waals surface area contributed by atoms with Gasteiger partial charge >= 0.3 is 5.97 Å². The van der Waals surface area contributed by atoms with Crippen molar-refractivity contribution in [3.05, 3.63) is 0 Å². The van der Waals surface area contributed by atoms with E-state index < -0.39 is 0 Å². The number of ether oxygens (including phenoxy) is 1. The monoisotopic (exact) mass is 281 g/mol. The van der Waals surface area contributed by atoms with Crippen molar-refractivity contribution < 1.29 is 14.3 Å². The summed E-state index contributed by atoms with van der Waals surface area (Å²) < 4.78 is 5.07. The molecule has 4 nitrogen and oxygen atoms in total. The maximum absolute atomic E-state index is 12.5. The van der Waals surface area contributed by atoms with E-state index in [2.05, 4.69) is 0 Å². The number of amides is 1. The molecule has 1 aliphatic carbocycles. The lowest BCUT2D eigenvalue weighted by Crippen LogP contribution is -2.43. The number of carbonyl (C=O) groups is 2. The van der Waals surface area contributed by atoms with E-state index in [1.807, 2.05) is 11.8 Å². The first-order chi connectivity index (χ1) is 9.72. The number of hydrogen-bond acceptors (Lipinski definition) is 3. The molecule has 114 valence electrons. The third-order valence-electron chi connectivity index (χ3n) is 4.63. The van der Waals surface area contributed by atoms with E-state index >= 15 is 0 Å². The van der Waals surface area contributed by atoms with Crippen molar-refractivity contribution in [2.75, 3.05) is 19.7 Å². The number of rotatable bonds is 3. The second-order valence-electron chi connectivity index (χ2n) is 6.04. The van der Waals surface area contributed by atoms with E-state index in [0.29, 0.717) is 12.5 Å². The van der Waals surface area contributed by atoms with Crippen LogP contribution in [0.4, 0.5) is 0 Å². The van der Waals surface area contributed by atoms with Gasteiger partial charge in [0.05, 0.1) is 12.5 Å². The lowest BCUT2D eigenvalue weighted by atomic mass is 9.93. The summed E-state index contributed by atoms with van der Waals surface area (Å²) in [6.07, 6.45) is 8.55. The zero-order valence-electron chi connectivity index (χ0n) is 12.6. The Bertz CT molecular complexity index is 327. The van der Waals surface area contributed by atoms with Crippen LogP contribution in [0, 0.1) is 11.8 Å². The predicted octanol–water partition coefficient (Wildman–Crippen LogP) is 2.76. The zero-order valence-corrected chi connectivity index (χ0v) is 12.6. The molecule has 0 aromatic heterocycles. The van der Waals surface area contributed by atoms with Crippen molar-refractivity contribution in [3.8, 4) is 0 Å². The summed E-state index contributed by atoms with van der Waals surface area (Å²) in [5.74, 6) is 0.466. The van der Waals surface area contributed by atoms with Crippen LogP contribution in [0.15, 0.2) is 0 Å². The minimum Gasteiger partial charge on any atom is -0.466 e. The molecule has 0 bridgehead atoms. The third-order valence-corrected chi connectivity index (χ3v) is 4.63. The first-order valence-corrected chi connectivity index (χ1v) is 8.17. The molecule has 0 unspecified atom stereocenters. The fourth-order valence-electron chi connectivity index (χ4n) is 3.38. The minimum absolute atomic E-state index is 0.00636. The molecule has 1 amide bonds. The molecule has 2 fully saturated rings. The van der Waals surface area contributed by atoms with Gasteiger partial charge in [0.15, 0.2) is 0 Å². The van der Waals surface area contributed by atoms with Crippen molar-refractivity contribution in [3.63, 3.8) is 0 Å². The van der Waals surface area contributed by atoms with Crippen LogP contribution in [0.1, 0.15) is 58.3 Å². The zero-order chi connectivity index (χ0) is 14.4. The van der Waals surface area contributed by atoms with Gasteiger partial charge < -0.3 is 9.64 Å². The lowest BCUT2D eigenvalue weighted by Gasteiger charge is -2.33. The molecule has 0 aromatic rings. The van der Waals surface area contributed by atoms with Gasteiger partial charge in [0.25, 0.3) is 0 Å². The molecular weight excluding hydrogens is 254 g/mol. The Morgan fingerprint density at radius 1 is 0.950 bits per heavy atom. The summed E-state index contributed by atoms with van der Waals surface area (Å²) in [6, 6.07) is 0. The van der Waals surface area contributed by atoms with Crippen LogP contribution in [-0.2, 0) is 14.3 Å². The lowest BCUT2D eigenvalue weighted by molar-refractivity contribution is -0.151. The van der Waals surface area contributed by atoms with Gasteiger partial charge in [-0.15, -0.1) is 0 Å². The maximum atomic E-state index is 12.5. The van der Waals surface area contributed by atoms with Crippen LogP contribution in [-0.4, -0.2) is 36.5 Å². The summed E-state index contributed by atoms with van der Waals surface area (Å²) in [5.41, 5.74) is 0. The average Bonchev–Trinajstić information content (AvgIpc) is 2.76. The van der Waals surface area contributed by atoms with E-state index in [-0.39, 0.29) is 17.8 Å². The summed E-state index contributed by atoms with van der Waals surface area (Å²) in [6.45, 7) is 3.72. The van der Waals surface area contributed by atoms with Gasteiger partial charge in [-0.05, 0) is 32.6 Å². The molecule has 0 N–H and O–H groups in total. The van der Waals surface area contributed by atoms with E-state index in [1.165, 1.54) is 25.7 Å². The second kappa shape index (κ2) is 7.65. The standard InChI is InChI=1S/C16H27NO3/c1-2-20-16(19)14-9-11-17(12-10-14)15(18)13-7-5-3-4-6-8-13/h13-14H,2-12H2,1H3. The highest BCUT2D eigenvalue weighted by molar-refractivity contribution is 5.79. The summed E-state index contributed by atoms with van der Waals surface area (Å²) in [4.78, 5) is 26.2. The molecular formula is C16H27NO3. The molecule has 1 saturated heterocycles. The second-order valence-corrected chi connectivity index (χ2v) is 6.04. The molecule has 0 aromatic carbocycles. The SMILES string of the molecule is CCOC(=O)C1CCN(C(=O)C2CCCCCC2)CC1. The van der Waals surface area contributed by atoms with Gasteiger partial charge in [0.1, 0.15) is 0 Å². The van der Waals surface area contributed by atoms with E-state index in [1.54, 1.807) is 0 Å². The smallest absolute Gasteiger partial charge is 0.309 e. The van der Waals surface area contributed by atoms with E-state index in [0.717, 1.165) is 38.8 Å². The van der Waals surface area contributed by atoms with Crippen molar-refractivity contribution in [1.29, 1.82) is 0 Å². The number of esters is 1.